The van der Waals surface area contributed by atoms with E-state index in [9.17, 15) is 4.79 Å². The van der Waals surface area contributed by atoms with E-state index in [-0.39, 0.29) is 12.3 Å². The number of benzene rings is 2. The summed E-state index contributed by atoms with van der Waals surface area (Å²) >= 11 is 0. The highest BCUT2D eigenvalue weighted by atomic mass is 16.5. The second-order valence-electron chi connectivity index (χ2n) is 5.10. The van der Waals surface area contributed by atoms with Crippen LogP contribution in [0.4, 0.5) is 0 Å². The average molecular weight is 340 g/mol. The first kappa shape index (κ1) is 18.1. The van der Waals surface area contributed by atoms with Gasteiger partial charge < -0.3 is 19.5 Å². The minimum absolute atomic E-state index is 0.132. The number of hydrogen-bond donors (Lipinski definition) is 1. The first-order valence-electron chi connectivity index (χ1n) is 7.84. The van der Waals surface area contributed by atoms with Gasteiger partial charge in [-0.25, -0.2) is 0 Å². The van der Waals surface area contributed by atoms with Gasteiger partial charge in [0.05, 0.1) is 13.2 Å². The lowest BCUT2D eigenvalue weighted by Gasteiger charge is -2.11. The van der Waals surface area contributed by atoms with E-state index in [1.54, 1.807) is 7.11 Å². The number of carbonyl (C=O) groups is 1. The summed E-state index contributed by atoms with van der Waals surface area (Å²) in [6.07, 6.45) is -0.132. The Labute approximate surface area is 146 Å². The van der Waals surface area contributed by atoms with Crippen molar-refractivity contribution in [1.29, 1.82) is 5.26 Å². The monoisotopic (exact) mass is 340 g/mol. The first-order chi connectivity index (χ1) is 12.2. The summed E-state index contributed by atoms with van der Waals surface area (Å²) in [4.78, 5) is 11.2. The fourth-order valence-electron chi connectivity index (χ4n) is 2.09. The van der Waals surface area contributed by atoms with Crippen LogP contribution in [0.2, 0.25) is 0 Å². The molecule has 0 aliphatic rings. The fourth-order valence-corrected chi connectivity index (χ4v) is 2.09. The number of nitriles is 1. The molecule has 0 bridgehead atoms. The van der Waals surface area contributed by atoms with Gasteiger partial charge in [0, 0.05) is 6.54 Å². The summed E-state index contributed by atoms with van der Waals surface area (Å²) in [7, 11) is 1.60. The second kappa shape index (κ2) is 9.83. The van der Waals surface area contributed by atoms with Gasteiger partial charge in [-0.15, -0.1) is 0 Å². The molecule has 0 aliphatic heterocycles. The number of hydrogen-bond acceptors (Lipinski definition) is 5. The smallest absolute Gasteiger partial charge is 0.234 e. The van der Waals surface area contributed by atoms with Gasteiger partial charge in [0.25, 0.3) is 0 Å². The van der Waals surface area contributed by atoms with E-state index in [0.717, 1.165) is 11.3 Å². The molecule has 0 radical (unpaired) electrons. The van der Waals surface area contributed by atoms with Gasteiger partial charge in [0.15, 0.2) is 11.5 Å². The minimum atomic E-state index is -0.281. The molecular weight excluding hydrogens is 320 g/mol. The quantitative estimate of drug-likeness (QED) is 0.710. The van der Waals surface area contributed by atoms with E-state index in [0.29, 0.717) is 31.3 Å². The molecule has 1 amide bonds. The third-order valence-electron chi connectivity index (χ3n) is 3.33. The number of nitrogens with one attached hydrogen (secondary N) is 1. The van der Waals surface area contributed by atoms with Crippen molar-refractivity contribution in [3.63, 3.8) is 0 Å². The van der Waals surface area contributed by atoms with Gasteiger partial charge in [-0.2, -0.15) is 5.26 Å². The van der Waals surface area contributed by atoms with Crippen LogP contribution < -0.4 is 19.5 Å². The van der Waals surface area contributed by atoms with Crippen LogP contribution in [0.1, 0.15) is 12.0 Å². The Balaban J connectivity index is 1.73. The van der Waals surface area contributed by atoms with Gasteiger partial charge in [0.2, 0.25) is 5.91 Å². The normalized spacial score (nSPS) is 9.76. The average Bonchev–Trinajstić information content (AvgIpc) is 2.65. The summed E-state index contributed by atoms with van der Waals surface area (Å²) < 4.78 is 16.5. The molecule has 1 N–H and O–H groups in total. The van der Waals surface area contributed by atoms with Crippen molar-refractivity contribution < 1.29 is 19.0 Å². The largest absolute Gasteiger partial charge is 0.493 e. The number of carbonyl (C=O) groups excluding carboxylic acids is 1. The fraction of sp³-hybridized carbons (Fsp3) is 0.263. The molecule has 0 heterocycles. The predicted octanol–water partition coefficient (Wildman–Crippen LogP) is 2.68. The van der Waals surface area contributed by atoms with Gasteiger partial charge in [-0.1, -0.05) is 24.3 Å². The number of methoxy groups -OCH3 is 1. The summed E-state index contributed by atoms with van der Waals surface area (Å²) in [6.45, 7) is 1.18. The number of nitrogens with zero attached hydrogens (tertiary/aromatic N) is 1. The lowest BCUT2D eigenvalue weighted by Crippen LogP contribution is -2.21. The van der Waals surface area contributed by atoms with E-state index in [1.807, 2.05) is 54.6 Å². The molecule has 130 valence electrons. The zero-order valence-electron chi connectivity index (χ0n) is 14.0. The van der Waals surface area contributed by atoms with Crippen molar-refractivity contribution in [2.45, 2.75) is 13.0 Å². The Kier molecular flexibility index (Phi) is 7.13. The zero-order chi connectivity index (χ0) is 17.9. The molecule has 2 aromatic carbocycles. The van der Waals surface area contributed by atoms with Crippen LogP contribution in [-0.4, -0.2) is 26.2 Å². The molecule has 6 heteroatoms. The van der Waals surface area contributed by atoms with Crippen molar-refractivity contribution in [1.82, 2.24) is 5.32 Å². The van der Waals surface area contributed by atoms with Crippen LogP contribution in [0.5, 0.6) is 17.2 Å². The topological polar surface area (TPSA) is 80.6 Å². The van der Waals surface area contributed by atoms with Crippen LogP contribution in [0.15, 0.2) is 48.5 Å². The maximum atomic E-state index is 11.2. The second-order valence-corrected chi connectivity index (χ2v) is 5.10. The molecule has 0 aliphatic carbocycles. The summed E-state index contributed by atoms with van der Waals surface area (Å²) in [5.74, 6) is 1.80. The van der Waals surface area contributed by atoms with Crippen molar-refractivity contribution in [3.05, 3.63) is 54.1 Å². The summed E-state index contributed by atoms with van der Waals surface area (Å²) in [5, 5.41) is 11.1. The van der Waals surface area contributed by atoms with Crippen LogP contribution >= 0.6 is 0 Å². The summed E-state index contributed by atoms with van der Waals surface area (Å²) in [6, 6.07) is 16.6. The Morgan fingerprint density at radius 1 is 1.04 bits per heavy atom. The van der Waals surface area contributed by atoms with Crippen molar-refractivity contribution >= 4 is 5.91 Å². The highest BCUT2D eigenvalue weighted by Gasteiger charge is 2.03. The Bertz CT molecular complexity index is 723. The molecule has 0 unspecified atom stereocenters. The molecule has 0 spiro atoms. The highest BCUT2D eigenvalue weighted by molar-refractivity contribution is 5.77. The standard InChI is InChI=1S/C19H20N2O4/c1-23-17-4-2-3-5-18(17)25-13-12-24-16-8-6-15(7-9-16)14-21-19(22)10-11-20/h2-9H,10,12-14H2,1H3,(H,21,22). The van der Waals surface area contributed by atoms with Gasteiger partial charge in [-0.3, -0.25) is 4.79 Å². The lowest BCUT2D eigenvalue weighted by molar-refractivity contribution is -0.120. The van der Waals surface area contributed by atoms with Crippen molar-refractivity contribution in [3.8, 4) is 23.3 Å². The van der Waals surface area contributed by atoms with Crippen LogP contribution in [0.25, 0.3) is 0 Å². The molecule has 2 rings (SSSR count). The van der Waals surface area contributed by atoms with E-state index in [2.05, 4.69) is 5.32 Å². The number of amides is 1. The molecule has 2 aromatic rings. The Morgan fingerprint density at radius 2 is 1.72 bits per heavy atom. The van der Waals surface area contributed by atoms with Gasteiger partial charge in [-0.05, 0) is 29.8 Å². The maximum absolute atomic E-state index is 11.2. The third kappa shape index (κ3) is 6.07. The predicted molar refractivity (Wildman–Crippen MR) is 92.5 cm³/mol. The van der Waals surface area contributed by atoms with Crippen molar-refractivity contribution in [2.75, 3.05) is 20.3 Å². The molecule has 25 heavy (non-hydrogen) atoms. The van der Waals surface area contributed by atoms with Crippen LogP contribution in [0, 0.1) is 11.3 Å². The van der Waals surface area contributed by atoms with E-state index in [4.69, 9.17) is 19.5 Å². The van der Waals surface area contributed by atoms with Gasteiger partial charge >= 0.3 is 0 Å². The SMILES string of the molecule is COc1ccccc1OCCOc1ccc(CNC(=O)CC#N)cc1. The number of rotatable bonds is 9. The molecule has 0 saturated heterocycles. The molecule has 0 atom stereocenters. The van der Waals surface area contributed by atoms with Crippen LogP contribution in [0.3, 0.4) is 0 Å². The van der Waals surface area contributed by atoms with E-state index < -0.39 is 0 Å². The van der Waals surface area contributed by atoms with E-state index in [1.165, 1.54) is 0 Å². The van der Waals surface area contributed by atoms with Crippen LogP contribution in [-0.2, 0) is 11.3 Å². The maximum Gasteiger partial charge on any atom is 0.234 e. The molecule has 6 nitrogen and oxygen atoms in total. The molecule has 0 aromatic heterocycles. The van der Waals surface area contributed by atoms with E-state index >= 15 is 0 Å². The lowest BCUT2D eigenvalue weighted by atomic mass is 10.2. The molecular formula is C19H20N2O4. The number of para-hydroxylation sites is 2. The first-order valence-corrected chi connectivity index (χ1v) is 7.84. The molecule has 0 saturated carbocycles. The van der Waals surface area contributed by atoms with Crippen molar-refractivity contribution in [2.24, 2.45) is 0 Å². The third-order valence-corrected chi connectivity index (χ3v) is 3.33. The molecule has 0 fully saturated rings. The number of ether oxygens (including phenoxy) is 3. The summed E-state index contributed by atoms with van der Waals surface area (Å²) in [5.41, 5.74) is 0.934. The Hall–Kier alpha value is -3.20. The zero-order valence-corrected chi connectivity index (χ0v) is 14.0. The Morgan fingerprint density at radius 3 is 2.40 bits per heavy atom. The van der Waals surface area contributed by atoms with Gasteiger partial charge in [0.1, 0.15) is 25.4 Å². The minimum Gasteiger partial charge on any atom is -0.493 e. The highest BCUT2D eigenvalue weighted by Crippen LogP contribution is 2.25.